The Morgan fingerprint density at radius 3 is 2.58 bits per heavy atom. The lowest BCUT2D eigenvalue weighted by Crippen LogP contribution is -2.34. The minimum Gasteiger partial charge on any atom is -0.381 e. The maximum absolute atomic E-state index is 12.8. The number of amides is 2. The third kappa shape index (κ3) is 2.22. The summed E-state index contributed by atoms with van der Waals surface area (Å²) in [4.78, 5) is 44.4. The molecule has 0 radical (unpaired) electrons. The maximum Gasteiger partial charge on any atom is 0.278 e. The van der Waals surface area contributed by atoms with Crippen molar-refractivity contribution in [1.82, 2.24) is 0 Å². The van der Waals surface area contributed by atoms with Gasteiger partial charge in [0.15, 0.2) is 0 Å². The molecule has 0 spiro atoms. The Balaban J connectivity index is 1.67. The molecule has 2 atom stereocenters. The largest absolute Gasteiger partial charge is 0.381 e. The summed E-state index contributed by atoms with van der Waals surface area (Å²) < 4.78 is 0.830. The van der Waals surface area contributed by atoms with Crippen LogP contribution in [0.15, 0.2) is 51.4 Å². The van der Waals surface area contributed by atoms with E-state index in [4.69, 9.17) is 4.84 Å². The SMILES string of the molecule is O=C(C1=NOC2C(=O)N(c3ccc(Br)cc3)C(=O)C12)c1cccs1. The van der Waals surface area contributed by atoms with E-state index in [0.717, 1.165) is 9.37 Å². The van der Waals surface area contributed by atoms with Crippen LogP contribution in [0.5, 0.6) is 0 Å². The predicted octanol–water partition coefficient (Wildman–Crippen LogP) is 2.64. The Morgan fingerprint density at radius 1 is 1.17 bits per heavy atom. The van der Waals surface area contributed by atoms with Crippen molar-refractivity contribution in [3.63, 3.8) is 0 Å². The summed E-state index contributed by atoms with van der Waals surface area (Å²) in [5.74, 6) is -2.37. The molecule has 0 saturated carbocycles. The topological polar surface area (TPSA) is 76.0 Å². The lowest BCUT2D eigenvalue weighted by Gasteiger charge is -2.15. The highest BCUT2D eigenvalue weighted by Crippen LogP contribution is 2.34. The normalized spacial score (nSPS) is 22.4. The van der Waals surface area contributed by atoms with Crippen molar-refractivity contribution < 1.29 is 19.2 Å². The molecule has 120 valence electrons. The summed E-state index contributed by atoms with van der Waals surface area (Å²) >= 11 is 4.56. The Hall–Kier alpha value is -2.32. The number of halogens is 1. The van der Waals surface area contributed by atoms with Gasteiger partial charge in [-0.25, -0.2) is 4.90 Å². The number of carbonyl (C=O) groups is 3. The Morgan fingerprint density at radius 2 is 1.92 bits per heavy atom. The second-order valence-electron chi connectivity index (χ2n) is 5.27. The van der Waals surface area contributed by atoms with E-state index >= 15 is 0 Å². The molecule has 4 rings (SSSR count). The summed E-state index contributed by atoms with van der Waals surface area (Å²) in [6, 6.07) is 10.2. The zero-order valence-corrected chi connectivity index (χ0v) is 14.4. The molecule has 1 aromatic carbocycles. The summed E-state index contributed by atoms with van der Waals surface area (Å²) in [7, 11) is 0. The molecule has 2 amide bonds. The first-order valence-corrected chi connectivity index (χ1v) is 8.70. The van der Waals surface area contributed by atoms with Crippen LogP contribution in [0, 0.1) is 5.92 Å². The van der Waals surface area contributed by atoms with Gasteiger partial charge < -0.3 is 4.84 Å². The van der Waals surface area contributed by atoms with Gasteiger partial charge in [0.05, 0.1) is 10.6 Å². The number of thiophene rings is 1. The number of hydrogen-bond donors (Lipinski definition) is 0. The summed E-state index contributed by atoms with van der Waals surface area (Å²) in [6.07, 6.45) is -1.07. The van der Waals surface area contributed by atoms with Gasteiger partial charge in [0, 0.05) is 4.47 Å². The Bertz CT molecular complexity index is 876. The predicted molar refractivity (Wildman–Crippen MR) is 91.1 cm³/mol. The van der Waals surface area contributed by atoms with Crippen LogP contribution < -0.4 is 4.90 Å². The van der Waals surface area contributed by atoms with Crippen molar-refractivity contribution in [2.45, 2.75) is 6.10 Å². The highest BCUT2D eigenvalue weighted by molar-refractivity contribution is 9.10. The molecule has 1 fully saturated rings. The van der Waals surface area contributed by atoms with E-state index in [9.17, 15) is 14.4 Å². The molecular weight excluding hydrogens is 396 g/mol. The van der Waals surface area contributed by atoms with Crippen LogP contribution in [0.4, 0.5) is 5.69 Å². The van der Waals surface area contributed by atoms with Crippen LogP contribution in [0.25, 0.3) is 0 Å². The molecule has 0 bridgehead atoms. The third-order valence-corrected chi connectivity index (χ3v) is 5.27. The minimum absolute atomic E-state index is 0.0135. The number of carbonyl (C=O) groups excluding carboxylic acids is 3. The number of ketones is 1. The molecule has 2 aliphatic rings. The standard InChI is InChI=1S/C16H9BrN2O4S/c17-8-3-5-9(6-4-8)19-15(21)11-12(18-23-14(11)16(19)22)13(20)10-2-1-7-24-10/h1-7,11,14H. The first-order chi connectivity index (χ1) is 11.6. The second kappa shape index (κ2) is 5.64. The van der Waals surface area contributed by atoms with E-state index in [1.807, 2.05) is 0 Å². The van der Waals surface area contributed by atoms with E-state index in [2.05, 4.69) is 21.1 Å². The van der Waals surface area contributed by atoms with Gasteiger partial charge in [-0.1, -0.05) is 27.2 Å². The van der Waals surface area contributed by atoms with E-state index in [1.165, 1.54) is 11.3 Å². The van der Waals surface area contributed by atoms with Crippen LogP contribution in [-0.2, 0) is 14.4 Å². The van der Waals surface area contributed by atoms with Crippen molar-refractivity contribution in [3.8, 4) is 0 Å². The Kier molecular flexibility index (Phi) is 3.58. The van der Waals surface area contributed by atoms with Gasteiger partial charge >= 0.3 is 0 Å². The monoisotopic (exact) mass is 404 g/mol. The fraction of sp³-hybridized carbons (Fsp3) is 0.125. The number of benzene rings is 1. The first-order valence-electron chi connectivity index (χ1n) is 7.03. The van der Waals surface area contributed by atoms with Crippen LogP contribution >= 0.6 is 27.3 Å². The molecular formula is C16H9BrN2O4S. The van der Waals surface area contributed by atoms with Gasteiger partial charge in [-0.05, 0) is 35.7 Å². The average molecular weight is 405 g/mol. The van der Waals surface area contributed by atoms with Crippen molar-refractivity contribution in [2.75, 3.05) is 4.90 Å². The molecule has 8 heteroatoms. The van der Waals surface area contributed by atoms with E-state index < -0.39 is 23.8 Å². The van der Waals surface area contributed by atoms with Gasteiger partial charge in [-0.15, -0.1) is 11.3 Å². The number of imide groups is 1. The van der Waals surface area contributed by atoms with E-state index in [1.54, 1.807) is 41.8 Å². The van der Waals surface area contributed by atoms with Gasteiger partial charge in [-0.2, -0.15) is 0 Å². The van der Waals surface area contributed by atoms with Crippen molar-refractivity contribution >= 4 is 56.3 Å². The molecule has 24 heavy (non-hydrogen) atoms. The van der Waals surface area contributed by atoms with Crippen LogP contribution in [0.3, 0.4) is 0 Å². The Labute approximate surface area is 148 Å². The second-order valence-corrected chi connectivity index (χ2v) is 7.14. The van der Waals surface area contributed by atoms with Gasteiger partial charge in [0.1, 0.15) is 11.6 Å². The number of fused-ring (bicyclic) bond motifs is 1. The summed E-state index contributed by atoms with van der Waals surface area (Å²) in [6.45, 7) is 0. The van der Waals surface area contributed by atoms with E-state index in [-0.39, 0.29) is 11.5 Å². The number of oxime groups is 1. The number of anilines is 1. The zero-order valence-electron chi connectivity index (χ0n) is 12.0. The lowest BCUT2D eigenvalue weighted by atomic mass is 9.96. The number of nitrogens with zero attached hydrogens (tertiary/aromatic N) is 2. The van der Waals surface area contributed by atoms with Crippen LogP contribution in [0.2, 0.25) is 0 Å². The van der Waals surface area contributed by atoms with Gasteiger partial charge in [0.2, 0.25) is 17.8 Å². The highest BCUT2D eigenvalue weighted by Gasteiger charge is 2.57. The molecule has 1 aromatic heterocycles. The maximum atomic E-state index is 12.8. The fourth-order valence-corrected chi connectivity index (χ4v) is 3.68. The smallest absolute Gasteiger partial charge is 0.278 e. The summed E-state index contributed by atoms with van der Waals surface area (Å²) in [5.41, 5.74) is 0.425. The van der Waals surface area contributed by atoms with Gasteiger partial charge in [0.25, 0.3) is 5.91 Å². The van der Waals surface area contributed by atoms with Crippen molar-refractivity contribution in [1.29, 1.82) is 0 Å². The van der Waals surface area contributed by atoms with Crippen molar-refractivity contribution in [3.05, 3.63) is 51.1 Å². The molecule has 2 aliphatic heterocycles. The number of hydrogen-bond acceptors (Lipinski definition) is 6. The van der Waals surface area contributed by atoms with Crippen LogP contribution in [0.1, 0.15) is 9.67 Å². The molecule has 2 aromatic rings. The molecule has 2 unspecified atom stereocenters. The van der Waals surface area contributed by atoms with Crippen molar-refractivity contribution in [2.24, 2.45) is 11.1 Å². The zero-order chi connectivity index (χ0) is 16.8. The van der Waals surface area contributed by atoms with E-state index in [0.29, 0.717) is 10.6 Å². The number of Topliss-reactive ketones (excluding diaryl/α,β-unsaturated/α-hetero) is 1. The average Bonchev–Trinajstić information content (AvgIpc) is 3.29. The first kappa shape index (κ1) is 15.2. The molecule has 3 heterocycles. The minimum atomic E-state index is -1.07. The molecule has 0 N–H and O–H groups in total. The molecule has 0 aliphatic carbocycles. The quantitative estimate of drug-likeness (QED) is 0.581. The molecule has 1 saturated heterocycles. The van der Waals surface area contributed by atoms with Gasteiger partial charge in [-0.3, -0.25) is 14.4 Å². The lowest BCUT2D eigenvalue weighted by molar-refractivity contribution is -0.126. The fourth-order valence-electron chi connectivity index (χ4n) is 2.74. The molecule has 6 nitrogen and oxygen atoms in total. The number of rotatable bonds is 3. The highest BCUT2D eigenvalue weighted by atomic mass is 79.9. The summed E-state index contributed by atoms with van der Waals surface area (Å²) in [5, 5.41) is 5.48. The van der Waals surface area contributed by atoms with Crippen LogP contribution in [-0.4, -0.2) is 29.4 Å². The third-order valence-electron chi connectivity index (χ3n) is 3.87.